The second kappa shape index (κ2) is 4.35. The first-order chi connectivity index (χ1) is 8.06. The molecule has 0 aromatic carbocycles. The maximum Gasteiger partial charge on any atom is 0.131 e. The van der Waals surface area contributed by atoms with Crippen LogP contribution in [0.5, 0.6) is 0 Å². The number of hydrazine groups is 1. The van der Waals surface area contributed by atoms with Crippen molar-refractivity contribution in [2.24, 2.45) is 12.9 Å². The second-order valence-electron chi connectivity index (χ2n) is 4.25. The summed E-state index contributed by atoms with van der Waals surface area (Å²) in [5.41, 5.74) is 5.00. The van der Waals surface area contributed by atoms with Gasteiger partial charge in [0.25, 0.3) is 0 Å². The van der Waals surface area contributed by atoms with Crippen LogP contribution < -0.4 is 11.3 Å². The molecule has 5 heteroatoms. The number of aromatic nitrogens is 2. The van der Waals surface area contributed by atoms with Crippen LogP contribution in [-0.2, 0) is 7.05 Å². The monoisotopic (exact) mass is 234 g/mol. The maximum atomic E-state index is 5.67. The van der Waals surface area contributed by atoms with Gasteiger partial charge in [-0.05, 0) is 26.3 Å². The summed E-state index contributed by atoms with van der Waals surface area (Å²) in [6.45, 7) is 5.94. The predicted octanol–water partition coefficient (Wildman–Crippen LogP) is 1.49. The van der Waals surface area contributed by atoms with Crippen LogP contribution in [0.2, 0.25) is 0 Å². The Bertz CT molecular complexity index is 527. The molecule has 1 atom stereocenters. The Labute approximate surface area is 101 Å². The van der Waals surface area contributed by atoms with Gasteiger partial charge in [-0.2, -0.15) is 0 Å². The highest BCUT2D eigenvalue weighted by Crippen LogP contribution is 2.29. The van der Waals surface area contributed by atoms with Crippen molar-refractivity contribution in [1.82, 2.24) is 15.0 Å². The van der Waals surface area contributed by atoms with E-state index >= 15 is 0 Å². The first-order valence-electron chi connectivity index (χ1n) is 5.56. The summed E-state index contributed by atoms with van der Waals surface area (Å²) in [6, 6.07) is -0.146. The van der Waals surface area contributed by atoms with Gasteiger partial charge in [-0.15, -0.1) is 0 Å². The van der Waals surface area contributed by atoms with Gasteiger partial charge in [0, 0.05) is 25.0 Å². The number of nitrogens with one attached hydrogen (secondary N) is 1. The van der Waals surface area contributed by atoms with E-state index in [9.17, 15) is 0 Å². The molecule has 0 amide bonds. The summed E-state index contributed by atoms with van der Waals surface area (Å²) in [5, 5.41) is 0. The Morgan fingerprint density at radius 3 is 2.47 bits per heavy atom. The average Bonchev–Trinajstić information content (AvgIpc) is 2.79. The fraction of sp³-hybridized carbons (Fsp3) is 0.417. The molecule has 0 aliphatic heterocycles. The lowest BCUT2D eigenvalue weighted by Gasteiger charge is -2.16. The Hall–Kier alpha value is -1.59. The molecule has 0 radical (unpaired) electrons. The first kappa shape index (κ1) is 11.9. The van der Waals surface area contributed by atoms with Crippen LogP contribution in [0.4, 0.5) is 0 Å². The van der Waals surface area contributed by atoms with Crippen molar-refractivity contribution in [3.63, 3.8) is 0 Å². The largest absolute Gasteiger partial charge is 0.466 e. The molecule has 0 aliphatic rings. The normalized spacial score (nSPS) is 13.0. The van der Waals surface area contributed by atoms with Crippen LogP contribution in [0.15, 0.2) is 16.8 Å². The molecule has 3 N–H and O–H groups in total. The van der Waals surface area contributed by atoms with Gasteiger partial charge in [-0.1, -0.05) is 0 Å². The summed E-state index contributed by atoms with van der Waals surface area (Å²) in [5.74, 6) is 8.35. The van der Waals surface area contributed by atoms with Crippen LogP contribution in [0, 0.1) is 20.8 Å². The molecule has 92 valence electrons. The fourth-order valence-corrected chi connectivity index (χ4v) is 2.18. The van der Waals surface area contributed by atoms with E-state index in [1.807, 2.05) is 38.6 Å². The molecular weight excluding hydrogens is 216 g/mol. The van der Waals surface area contributed by atoms with Crippen molar-refractivity contribution in [3.05, 3.63) is 40.9 Å². The van der Waals surface area contributed by atoms with Crippen molar-refractivity contribution >= 4 is 0 Å². The summed E-state index contributed by atoms with van der Waals surface area (Å²) in [4.78, 5) is 4.33. The van der Waals surface area contributed by atoms with E-state index in [0.717, 1.165) is 28.5 Å². The number of imidazole rings is 1. The molecule has 17 heavy (non-hydrogen) atoms. The van der Waals surface area contributed by atoms with Crippen molar-refractivity contribution < 1.29 is 4.42 Å². The molecule has 0 saturated heterocycles. The summed E-state index contributed by atoms with van der Waals surface area (Å²) in [7, 11) is 1.95. The molecule has 2 heterocycles. The van der Waals surface area contributed by atoms with Crippen LogP contribution in [-0.4, -0.2) is 9.55 Å². The Morgan fingerprint density at radius 2 is 2.06 bits per heavy atom. The van der Waals surface area contributed by atoms with Gasteiger partial charge >= 0.3 is 0 Å². The van der Waals surface area contributed by atoms with Gasteiger partial charge in [0.05, 0.1) is 0 Å². The third-order valence-electron chi connectivity index (χ3n) is 3.19. The van der Waals surface area contributed by atoms with E-state index < -0.39 is 0 Å². The van der Waals surface area contributed by atoms with Gasteiger partial charge in [0.1, 0.15) is 23.4 Å². The zero-order valence-electron chi connectivity index (χ0n) is 10.6. The number of nitrogens with zero attached hydrogens (tertiary/aromatic N) is 2. The second-order valence-corrected chi connectivity index (χ2v) is 4.25. The number of hydrogen-bond acceptors (Lipinski definition) is 4. The van der Waals surface area contributed by atoms with Crippen LogP contribution in [0.25, 0.3) is 0 Å². The topological polar surface area (TPSA) is 69.0 Å². The SMILES string of the molecule is Cc1oc(C)c(C(NN)c2nccn2C)c1C. The average molecular weight is 234 g/mol. The van der Waals surface area contributed by atoms with Crippen molar-refractivity contribution in [2.75, 3.05) is 0 Å². The molecule has 0 saturated carbocycles. The van der Waals surface area contributed by atoms with Crippen molar-refractivity contribution in [3.8, 4) is 0 Å². The van der Waals surface area contributed by atoms with E-state index in [1.165, 1.54) is 0 Å². The zero-order chi connectivity index (χ0) is 12.6. The number of hydrogen-bond donors (Lipinski definition) is 2. The van der Waals surface area contributed by atoms with Crippen LogP contribution >= 0.6 is 0 Å². The van der Waals surface area contributed by atoms with E-state index in [-0.39, 0.29) is 6.04 Å². The van der Waals surface area contributed by atoms with Gasteiger partial charge in [0.2, 0.25) is 0 Å². The Kier molecular flexibility index (Phi) is 3.04. The van der Waals surface area contributed by atoms with Gasteiger partial charge in [-0.3, -0.25) is 5.84 Å². The van der Waals surface area contributed by atoms with Gasteiger partial charge in [0.15, 0.2) is 0 Å². The smallest absolute Gasteiger partial charge is 0.131 e. The molecule has 0 aliphatic carbocycles. The van der Waals surface area contributed by atoms with E-state index in [4.69, 9.17) is 10.3 Å². The molecule has 2 aromatic rings. The lowest BCUT2D eigenvalue weighted by Crippen LogP contribution is -2.31. The number of rotatable bonds is 3. The third kappa shape index (κ3) is 1.87. The van der Waals surface area contributed by atoms with Crippen LogP contribution in [0.1, 0.15) is 34.5 Å². The van der Waals surface area contributed by atoms with E-state index in [1.54, 1.807) is 6.20 Å². The highest BCUT2D eigenvalue weighted by molar-refractivity contribution is 5.37. The van der Waals surface area contributed by atoms with E-state index in [0.29, 0.717) is 0 Å². The molecule has 1 unspecified atom stereocenters. The Balaban J connectivity index is 2.53. The first-order valence-corrected chi connectivity index (χ1v) is 5.56. The molecule has 0 fully saturated rings. The van der Waals surface area contributed by atoms with Gasteiger partial charge < -0.3 is 8.98 Å². The highest BCUT2D eigenvalue weighted by atomic mass is 16.3. The standard InChI is InChI=1S/C12H18N4O/c1-7-8(2)17-9(3)10(7)11(15-13)12-14-5-6-16(12)4/h5-6,11,15H,13H2,1-4H3. The maximum absolute atomic E-state index is 5.67. The third-order valence-corrected chi connectivity index (χ3v) is 3.19. The molecule has 2 aromatic heterocycles. The van der Waals surface area contributed by atoms with Crippen molar-refractivity contribution in [1.29, 1.82) is 0 Å². The van der Waals surface area contributed by atoms with Gasteiger partial charge in [-0.25, -0.2) is 10.4 Å². The fourth-order valence-electron chi connectivity index (χ4n) is 2.18. The molecule has 2 rings (SSSR count). The number of furan rings is 1. The quantitative estimate of drug-likeness (QED) is 0.623. The molecule has 5 nitrogen and oxygen atoms in total. The minimum Gasteiger partial charge on any atom is -0.466 e. The molecular formula is C12H18N4O. The lowest BCUT2D eigenvalue weighted by atomic mass is 10.0. The minimum atomic E-state index is -0.146. The van der Waals surface area contributed by atoms with E-state index in [2.05, 4.69) is 10.4 Å². The minimum absolute atomic E-state index is 0.146. The lowest BCUT2D eigenvalue weighted by molar-refractivity contribution is 0.490. The Morgan fingerprint density at radius 1 is 1.35 bits per heavy atom. The molecule has 0 bridgehead atoms. The van der Waals surface area contributed by atoms with Crippen LogP contribution in [0.3, 0.4) is 0 Å². The number of aryl methyl sites for hydroxylation is 3. The summed E-state index contributed by atoms with van der Waals surface area (Å²) in [6.07, 6.45) is 3.66. The summed E-state index contributed by atoms with van der Waals surface area (Å²) >= 11 is 0. The van der Waals surface area contributed by atoms with Crippen molar-refractivity contribution in [2.45, 2.75) is 26.8 Å². The zero-order valence-corrected chi connectivity index (χ0v) is 10.6. The number of nitrogens with two attached hydrogens (primary N) is 1. The predicted molar refractivity (Wildman–Crippen MR) is 65.3 cm³/mol. The highest BCUT2D eigenvalue weighted by Gasteiger charge is 2.24. The molecule has 0 spiro atoms. The summed E-state index contributed by atoms with van der Waals surface area (Å²) < 4.78 is 7.58.